The van der Waals surface area contributed by atoms with Crippen LogP contribution in [0.4, 0.5) is 4.79 Å². The van der Waals surface area contributed by atoms with Crippen molar-refractivity contribution in [2.24, 2.45) is 0 Å². The van der Waals surface area contributed by atoms with Crippen LogP contribution in [0.1, 0.15) is 28.4 Å². The van der Waals surface area contributed by atoms with Gasteiger partial charge in [0.15, 0.2) is 11.5 Å². The van der Waals surface area contributed by atoms with Gasteiger partial charge in [-0.05, 0) is 76.1 Å². The van der Waals surface area contributed by atoms with Crippen molar-refractivity contribution in [3.8, 4) is 11.5 Å². The van der Waals surface area contributed by atoms with Crippen LogP contribution in [0.15, 0.2) is 58.4 Å². The smallest absolute Gasteiger partial charge is 0.335 e. The van der Waals surface area contributed by atoms with Crippen LogP contribution in [-0.4, -0.2) is 40.3 Å². The molecule has 0 unspecified atom stereocenters. The average molecular weight is 518 g/mol. The van der Waals surface area contributed by atoms with E-state index in [2.05, 4.69) is 22.5 Å². The lowest BCUT2D eigenvalue weighted by Crippen LogP contribution is -2.27. The van der Waals surface area contributed by atoms with Gasteiger partial charge in [-0.15, -0.1) is 6.58 Å². The number of rotatable bonds is 9. The molecule has 7 nitrogen and oxygen atoms in total. The molecule has 2 aromatic carbocycles. The molecule has 32 heavy (non-hydrogen) atoms. The Kier molecular flexibility index (Phi) is 7.76. The summed E-state index contributed by atoms with van der Waals surface area (Å²) in [5.74, 6) is -0.477. The quantitative estimate of drug-likeness (QED) is 0.354. The molecule has 2 amide bonds. The molecule has 9 heteroatoms. The van der Waals surface area contributed by atoms with Crippen molar-refractivity contribution in [3.05, 3.63) is 75.1 Å². The van der Waals surface area contributed by atoms with E-state index in [9.17, 15) is 14.4 Å². The van der Waals surface area contributed by atoms with E-state index in [1.165, 1.54) is 12.1 Å². The Balaban J connectivity index is 1.86. The Bertz CT molecular complexity index is 1110. The van der Waals surface area contributed by atoms with Crippen LogP contribution in [0, 0.1) is 0 Å². The van der Waals surface area contributed by atoms with Gasteiger partial charge >= 0.3 is 5.97 Å². The zero-order chi connectivity index (χ0) is 23.3. The molecule has 0 radical (unpaired) electrons. The minimum Gasteiger partial charge on any atom is -0.490 e. The zero-order valence-electron chi connectivity index (χ0n) is 17.2. The minimum absolute atomic E-state index is 0.138. The maximum Gasteiger partial charge on any atom is 0.335 e. The summed E-state index contributed by atoms with van der Waals surface area (Å²) in [4.78, 5) is 37.1. The number of halogens is 1. The number of benzene rings is 2. The Morgan fingerprint density at radius 1 is 1.25 bits per heavy atom. The molecule has 1 saturated heterocycles. The third-order valence-electron chi connectivity index (χ3n) is 4.37. The van der Waals surface area contributed by atoms with Crippen molar-refractivity contribution in [1.82, 2.24) is 4.90 Å². The number of carbonyl (C=O) groups excluding carboxylic acids is 2. The van der Waals surface area contributed by atoms with Gasteiger partial charge in [0.1, 0.15) is 6.61 Å². The number of aromatic carboxylic acids is 1. The van der Waals surface area contributed by atoms with Gasteiger partial charge in [0.2, 0.25) is 0 Å². The van der Waals surface area contributed by atoms with Crippen LogP contribution in [-0.2, 0) is 11.4 Å². The van der Waals surface area contributed by atoms with E-state index >= 15 is 0 Å². The van der Waals surface area contributed by atoms with Gasteiger partial charge in [-0.2, -0.15) is 0 Å². The highest BCUT2D eigenvalue weighted by molar-refractivity contribution is 9.10. The lowest BCUT2D eigenvalue weighted by molar-refractivity contribution is -0.122. The van der Waals surface area contributed by atoms with E-state index in [0.717, 1.165) is 16.7 Å². The van der Waals surface area contributed by atoms with Crippen LogP contribution >= 0.6 is 27.7 Å². The first-order valence-corrected chi connectivity index (χ1v) is 11.2. The molecule has 0 aromatic heterocycles. The van der Waals surface area contributed by atoms with Crippen LogP contribution in [0.3, 0.4) is 0 Å². The molecule has 1 N–H and O–H groups in total. The van der Waals surface area contributed by atoms with Crippen LogP contribution < -0.4 is 9.47 Å². The second-order valence-electron chi connectivity index (χ2n) is 6.64. The Morgan fingerprint density at radius 2 is 2.03 bits per heavy atom. The van der Waals surface area contributed by atoms with Crippen molar-refractivity contribution < 1.29 is 29.0 Å². The predicted molar refractivity (Wildman–Crippen MR) is 126 cm³/mol. The third kappa shape index (κ3) is 5.41. The summed E-state index contributed by atoms with van der Waals surface area (Å²) < 4.78 is 12.2. The summed E-state index contributed by atoms with van der Waals surface area (Å²) in [7, 11) is 0. The number of carboxylic acid groups (broad SMARTS) is 1. The normalized spacial score (nSPS) is 14.7. The van der Waals surface area contributed by atoms with Gasteiger partial charge < -0.3 is 14.6 Å². The van der Waals surface area contributed by atoms with Crippen molar-refractivity contribution in [3.63, 3.8) is 0 Å². The first kappa shape index (κ1) is 23.6. The molecule has 1 aliphatic rings. The van der Waals surface area contributed by atoms with Crippen molar-refractivity contribution in [2.75, 3.05) is 13.2 Å². The molecule has 0 aliphatic carbocycles. The summed E-state index contributed by atoms with van der Waals surface area (Å²) >= 11 is 4.35. The largest absolute Gasteiger partial charge is 0.490 e. The van der Waals surface area contributed by atoms with E-state index in [1.807, 2.05) is 6.92 Å². The van der Waals surface area contributed by atoms with Gasteiger partial charge in [-0.25, -0.2) is 4.79 Å². The van der Waals surface area contributed by atoms with Gasteiger partial charge in [0, 0.05) is 6.54 Å². The fourth-order valence-electron chi connectivity index (χ4n) is 2.96. The monoisotopic (exact) mass is 517 g/mol. The minimum atomic E-state index is -1.01. The number of hydrogen-bond donors (Lipinski definition) is 1. The molecule has 3 rings (SSSR count). The van der Waals surface area contributed by atoms with E-state index < -0.39 is 5.97 Å². The SMILES string of the molecule is C=CCN1C(=O)SC(=Cc2cc(Br)c(OCc3cccc(C(=O)O)c3)c(OCC)c2)C1=O. The Morgan fingerprint density at radius 3 is 2.72 bits per heavy atom. The lowest BCUT2D eigenvalue weighted by Gasteiger charge is -2.15. The molecule has 1 fully saturated rings. The number of imide groups is 1. The summed E-state index contributed by atoms with van der Waals surface area (Å²) in [5.41, 5.74) is 1.53. The lowest BCUT2D eigenvalue weighted by atomic mass is 10.1. The fraction of sp³-hybridized carbons (Fsp3) is 0.174. The summed E-state index contributed by atoms with van der Waals surface area (Å²) in [5, 5.41) is 8.81. The fourth-order valence-corrected chi connectivity index (χ4v) is 4.38. The highest BCUT2D eigenvalue weighted by Crippen LogP contribution is 2.39. The summed E-state index contributed by atoms with van der Waals surface area (Å²) in [6.07, 6.45) is 3.13. The first-order chi connectivity index (χ1) is 15.3. The topological polar surface area (TPSA) is 93.1 Å². The van der Waals surface area contributed by atoms with Crippen molar-refractivity contribution >= 4 is 50.9 Å². The maximum absolute atomic E-state index is 12.5. The van der Waals surface area contributed by atoms with E-state index in [4.69, 9.17) is 14.6 Å². The van der Waals surface area contributed by atoms with Gasteiger partial charge in [0.25, 0.3) is 11.1 Å². The second-order valence-corrected chi connectivity index (χ2v) is 8.49. The van der Waals surface area contributed by atoms with Crippen LogP contribution in [0.5, 0.6) is 11.5 Å². The summed E-state index contributed by atoms with van der Waals surface area (Å²) in [6.45, 7) is 6.08. The second kappa shape index (κ2) is 10.5. The predicted octanol–water partition coefficient (Wildman–Crippen LogP) is 5.35. The molecule has 0 spiro atoms. The summed E-state index contributed by atoms with van der Waals surface area (Å²) in [6, 6.07) is 9.96. The third-order valence-corrected chi connectivity index (χ3v) is 5.87. The molecule has 2 aromatic rings. The molecule has 1 heterocycles. The highest BCUT2D eigenvalue weighted by Gasteiger charge is 2.34. The molecule has 0 atom stereocenters. The number of nitrogens with zero attached hydrogens (tertiary/aromatic N) is 1. The molecule has 166 valence electrons. The van der Waals surface area contributed by atoms with Crippen LogP contribution in [0.25, 0.3) is 6.08 Å². The maximum atomic E-state index is 12.5. The van der Waals surface area contributed by atoms with E-state index in [0.29, 0.717) is 38.6 Å². The Labute approximate surface area is 197 Å². The number of hydrogen-bond acceptors (Lipinski definition) is 6. The molecular formula is C23H20BrNO6S. The first-order valence-electron chi connectivity index (χ1n) is 9.61. The van der Waals surface area contributed by atoms with E-state index in [1.54, 1.807) is 36.4 Å². The van der Waals surface area contributed by atoms with Crippen molar-refractivity contribution in [1.29, 1.82) is 0 Å². The number of amides is 2. The number of carbonyl (C=O) groups is 3. The molecule has 0 bridgehead atoms. The van der Waals surface area contributed by atoms with Gasteiger partial charge in [-0.3, -0.25) is 14.5 Å². The van der Waals surface area contributed by atoms with Crippen LogP contribution in [0.2, 0.25) is 0 Å². The number of ether oxygens (including phenoxy) is 2. The highest BCUT2D eigenvalue weighted by atomic mass is 79.9. The molecule has 0 saturated carbocycles. The van der Waals surface area contributed by atoms with Crippen molar-refractivity contribution in [2.45, 2.75) is 13.5 Å². The molecule has 1 aliphatic heterocycles. The zero-order valence-corrected chi connectivity index (χ0v) is 19.6. The van der Waals surface area contributed by atoms with Gasteiger partial charge in [0.05, 0.1) is 21.5 Å². The standard InChI is InChI=1S/C23H20BrNO6S/c1-3-8-25-21(26)19(32-23(25)29)12-15-10-17(24)20(18(11-15)30-4-2)31-13-14-6-5-7-16(9-14)22(27)28/h3,5-7,9-12H,1,4,8,13H2,2H3,(H,27,28). The molecular weight excluding hydrogens is 498 g/mol. The number of carboxylic acids is 1. The number of thioether (sulfide) groups is 1. The average Bonchev–Trinajstić information content (AvgIpc) is 3.01. The Hall–Kier alpha value is -3.04. The van der Waals surface area contributed by atoms with E-state index in [-0.39, 0.29) is 29.9 Å². The van der Waals surface area contributed by atoms with Gasteiger partial charge in [-0.1, -0.05) is 18.2 Å².